The van der Waals surface area contributed by atoms with Gasteiger partial charge in [-0.2, -0.15) is 9.61 Å². The number of nitrogens with one attached hydrogen (secondary N) is 1. The number of carbonyl (C=O) groups excluding carboxylic acids is 1. The molecule has 190 valence electrons. The molecular formula is C27H24BrN9O. The van der Waals surface area contributed by atoms with Gasteiger partial charge in [0.1, 0.15) is 12.1 Å². The van der Waals surface area contributed by atoms with E-state index >= 15 is 0 Å². The molecule has 0 radical (unpaired) electrons. The molecule has 6 heterocycles. The molecule has 2 aliphatic rings. The van der Waals surface area contributed by atoms with Crippen LogP contribution >= 0.6 is 15.9 Å². The molecule has 0 spiro atoms. The average Bonchev–Trinajstić information content (AvgIpc) is 3.69. The number of hydrogen-bond donors (Lipinski definition) is 2. The summed E-state index contributed by atoms with van der Waals surface area (Å²) in [7, 11) is 0. The van der Waals surface area contributed by atoms with Gasteiger partial charge in [-0.15, -0.1) is 5.10 Å². The van der Waals surface area contributed by atoms with Crippen LogP contribution in [0.1, 0.15) is 47.9 Å². The molecule has 2 bridgehead atoms. The summed E-state index contributed by atoms with van der Waals surface area (Å²) in [6.07, 6.45) is 8.63. The molecule has 11 heteroatoms. The van der Waals surface area contributed by atoms with Crippen molar-refractivity contribution in [2.75, 3.05) is 5.73 Å². The minimum atomic E-state index is -0.108. The second-order valence-corrected chi connectivity index (χ2v) is 10.7. The van der Waals surface area contributed by atoms with Gasteiger partial charge in [0.15, 0.2) is 5.65 Å². The van der Waals surface area contributed by atoms with Crippen LogP contribution in [0.15, 0.2) is 65.7 Å². The molecule has 1 aromatic carbocycles. The van der Waals surface area contributed by atoms with Gasteiger partial charge in [0, 0.05) is 40.9 Å². The largest absolute Gasteiger partial charge is 0.383 e. The van der Waals surface area contributed by atoms with Crippen LogP contribution in [-0.2, 0) is 0 Å². The molecule has 2 atom stereocenters. The van der Waals surface area contributed by atoms with E-state index in [1.54, 1.807) is 10.7 Å². The van der Waals surface area contributed by atoms with Gasteiger partial charge >= 0.3 is 0 Å². The number of amides is 1. The number of aromatic nitrogens is 7. The maximum Gasteiger partial charge on any atom is 0.294 e. The molecular weight excluding hydrogens is 546 g/mol. The number of piperidine rings is 1. The van der Waals surface area contributed by atoms with Crippen LogP contribution in [0.4, 0.5) is 5.82 Å². The summed E-state index contributed by atoms with van der Waals surface area (Å²) in [6.45, 7) is 0. The van der Waals surface area contributed by atoms with Crippen LogP contribution in [0.5, 0.6) is 0 Å². The molecule has 38 heavy (non-hydrogen) atoms. The maximum absolute atomic E-state index is 13.1. The third kappa shape index (κ3) is 3.68. The number of nitrogens with zero attached hydrogens (tertiary/aromatic N) is 7. The Labute approximate surface area is 226 Å². The minimum Gasteiger partial charge on any atom is -0.383 e. The molecule has 7 rings (SSSR count). The summed E-state index contributed by atoms with van der Waals surface area (Å²) in [5.74, 6) is 0.785. The molecule has 5 aromatic rings. The highest BCUT2D eigenvalue weighted by Crippen LogP contribution is 2.45. The van der Waals surface area contributed by atoms with E-state index in [2.05, 4.69) is 41.2 Å². The predicted octanol–water partition coefficient (Wildman–Crippen LogP) is 4.47. The summed E-state index contributed by atoms with van der Waals surface area (Å²) in [5.41, 5.74) is 11.9. The molecule has 2 unspecified atom stereocenters. The number of hydrogen-bond acceptors (Lipinski definition) is 7. The monoisotopic (exact) mass is 569 g/mol. The van der Waals surface area contributed by atoms with Crippen LogP contribution in [0.2, 0.25) is 0 Å². The second-order valence-electron chi connectivity index (χ2n) is 9.88. The van der Waals surface area contributed by atoms with Gasteiger partial charge in [0.2, 0.25) is 5.82 Å². The third-order valence-electron chi connectivity index (χ3n) is 7.75. The molecule has 2 aliphatic heterocycles. The first-order valence-electron chi connectivity index (χ1n) is 12.6. The summed E-state index contributed by atoms with van der Waals surface area (Å²) in [6, 6.07) is 14.4. The van der Waals surface area contributed by atoms with E-state index in [4.69, 9.17) is 10.7 Å². The molecule has 1 amide bonds. The fourth-order valence-electron chi connectivity index (χ4n) is 5.98. The van der Waals surface area contributed by atoms with Crippen LogP contribution in [0.25, 0.3) is 28.0 Å². The SMILES string of the molecule is Nc1c(Br)c(C2CC3CCC(C2)N3C(=O)c2nc[nH]n2)nc2c(-c3ccc(-c4ccccc4)nc3)cnn12. The van der Waals surface area contributed by atoms with Crippen LogP contribution in [0.3, 0.4) is 0 Å². The highest BCUT2D eigenvalue weighted by atomic mass is 79.9. The lowest BCUT2D eigenvalue weighted by molar-refractivity contribution is 0.0557. The van der Waals surface area contributed by atoms with Gasteiger partial charge in [0.25, 0.3) is 5.91 Å². The highest BCUT2D eigenvalue weighted by molar-refractivity contribution is 9.10. The Morgan fingerprint density at radius 2 is 1.79 bits per heavy atom. The van der Waals surface area contributed by atoms with Gasteiger partial charge in [-0.25, -0.2) is 9.97 Å². The summed E-state index contributed by atoms with van der Waals surface area (Å²) in [4.78, 5) is 28.9. The molecule has 10 nitrogen and oxygen atoms in total. The first-order valence-corrected chi connectivity index (χ1v) is 13.4. The Balaban J connectivity index is 1.22. The lowest BCUT2D eigenvalue weighted by Gasteiger charge is -2.38. The number of H-pyrrole nitrogens is 1. The van der Waals surface area contributed by atoms with Crippen LogP contribution < -0.4 is 5.73 Å². The van der Waals surface area contributed by atoms with Crippen molar-refractivity contribution >= 4 is 33.3 Å². The van der Waals surface area contributed by atoms with E-state index in [0.29, 0.717) is 11.5 Å². The fourth-order valence-corrected chi connectivity index (χ4v) is 6.56. The number of anilines is 1. The number of halogens is 1. The number of nitrogens with two attached hydrogens (primary N) is 1. The standard InChI is InChI=1S/C27H24BrN9O/c28-22-23(17-10-18-7-8-19(11-17)36(18)27(38)25-31-14-32-35-25)34-26-20(13-33-37(26)24(22)29)16-6-9-21(30-12-16)15-4-2-1-3-5-15/h1-6,9,12-14,17-19H,7-8,10-11,29H2,(H,31,32,35). The quantitative estimate of drug-likeness (QED) is 0.326. The number of pyridine rings is 1. The molecule has 3 N–H and O–H groups in total. The number of carbonyl (C=O) groups is 1. The first-order chi connectivity index (χ1) is 18.6. The summed E-state index contributed by atoms with van der Waals surface area (Å²) < 4.78 is 2.43. The minimum absolute atomic E-state index is 0.108. The molecule has 0 saturated carbocycles. The van der Waals surface area contributed by atoms with E-state index in [1.807, 2.05) is 53.6 Å². The number of fused-ring (bicyclic) bond motifs is 3. The Hall–Kier alpha value is -4.12. The van der Waals surface area contributed by atoms with Gasteiger partial charge in [-0.1, -0.05) is 36.4 Å². The fraction of sp³-hybridized carbons (Fsp3) is 0.259. The third-order valence-corrected chi connectivity index (χ3v) is 8.57. The smallest absolute Gasteiger partial charge is 0.294 e. The number of aromatic amines is 1. The van der Waals surface area contributed by atoms with E-state index < -0.39 is 0 Å². The zero-order valence-electron chi connectivity index (χ0n) is 20.3. The van der Waals surface area contributed by atoms with Gasteiger partial charge in [-0.3, -0.25) is 14.9 Å². The number of rotatable bonds is 4. The van der Waals surface area contributed by atoms with Crippen molar-refractivity contribution in [3.63, 3.8) is 0 Å². The Kier molecular flexibility index (Phi) is 5.46. The topological polar surface area (TPSA) is 131 Å². The zero-order valence-corrected chi connectivity index (χ0v) is 21.9. The first kappa shape index (κ1) is 23.0. The molecule has 2 saturated heterocycles. The summed E-state index contributed by atoms with van der Waals surface area (Å²) in [5, 5.41) is 11.2. The summed E-state index contributed by atoms with van der Waals surface area (Å²) >= 11 is 3.71. The van der Waals surface area contributed by atoms with Crippen molar-refractivity contribution in [2.24, 2.45) is 0 Å². The van der Waals surface area contributed by atoms with E-state index in [1.165, 1.54) is 6.33 Å². The Morgan fingerprint density at radius 1 is 1.00 bits per heavy atom. The van der Waals surface area contributed by atoms with E-state index in [9.17, 15) is 4.79 Å². The van der Waals surface area contributed by atoms with Crippen molar-refractivity contribution in [3.8, 4) is 22.4 Å². The second kappa shape index (κ2) is 9.02. The lowest BCUT2D eigenvalue weighted by atomic mass is 9.87. The molecule has 2 fully saturated rings. The molecule has 4 aromatic heterocycles. The van der Waals surface area contributed by atoms with Gasteiger partial charge in [0.05, 0.1) is 22.1 Å². The van der Waals surface area contributed by atoms with Crippen LogP contribution in [-0.4, -0.2) is 57.7 Å². The van der Waals surface area contributed by atoms with E-state index in [0.717, 1.165) is 58.2 Å². The predicted molar refractivity (Wildman–Crippen MR) is 145 cm³/mol. The highest BCUT2D eigenvalue weighted by Gasteiger charge is 2.45. The normalized spacial score (nSPS) is 20.8. The Morgan fingerprint density at radius 3 is 2.47 bits per heavy atom. The van der Waals surface area contributed by atoms with Gasteiger partial charge in [-0.05, 0) is 47.7 Å². The number of benzene rings is 1. The lowest BCUT2D eigenvalue weighted by Crippen LogP contribution is -2.46. The number of nitrogen functional groups attached to an aromatic ring is 1. The zero-order chi connectivity index (χ0) is 25.8. The van der Waals surface area contributed by atoms with Crippen molar-refractivity contribution in [3.05, 3.63) is 77.2 Å². The van der Waals surface area contributed by atoms with Crippen molar-refractivity contribution < 1.29 is 4.79 Å². The average molecular weight is 570 g/mol. The van der Waals surface area contributed by atoms with Crippen molar-refractivity contribution in [1.29, 1.82) is 0 Å². The molecule has 0 aliphatic carbocycles. The maximum atomic E-state index is 13.1. The van der Waals surface area contributed by atoms with Gasteiger partial charge < -0.3 is 10.6 Å². The Bertz CT molecular complexity index is 1620. The van der Waals surface area contributed by atoms with E-state index in [-0.39, 0.29) is 29.7 Å². The van der Waals surface area contributed by atoms with Crippen molar-refractivity contribution in [2.45, 2.75) is 43.7 Å². The van der Waals surface area contributed by atoms with Crippen molar-refractivity contribution in [1.82, 2.24) is 39.7 Å². The van der Waals surface area contributed by atoms with Crippen LogP contribution in [0, 0.1) is 0 Å².